The lowest BCUT2D eigenvalue weighted by atomic mass is 9.89. The van der Waals surface area contributed by atoms with E-state index in [1.165, 1.54) is 30.4 Å². The van der Waals surface area contributed by atoms with Crippen molar-refractivity contribution in [2.24, 2.45) is 11.0 Å². The molecule has 1 aliphatic heterocycles. The highest BCUT2D eigenvalue weighted by Gasteiger charge is 2.29. The van der Waals surface area contributed by atoms with Crippen LogP contribution in [0.3, 0.4) is 0 Å². The molecule has 1 aliphatic carbocycles. The van der Waals surface area contributed by atoms with Gasteiger partial charge in [-0.05, 0) is 43.2 Å². The monoisotopic (exact) mass is 471 g/mol. The molecule has 1 unspecified atom stereocenters. The second-order valence-corrected chi connectivity index (χ2v) is 9.43. The molecule has 0 amide bonds. The number of hydrogen-bond acceptors (Lipinski definition) is 6. The van der Waals surface area contributed by atoms with Gasteiger partial charge in [0.15, 0.2) is 5.76 Å². The Morgan fingerprint density at radius 3 is 2.69 bits per heavy atom. The average Bonchev–Trinajstić information content (AvgIpc) is 3.64. The first-order chi connectivity index (χ1) is 17.1. The summed E-state index contributed by atoms with van der Waals surface area (Å²) in [4.78, 5) is 4.69. The first-order valence-corrected chi connectivity index (χ1v) is 12.1. The van der Waals surface area contributed by atoms with Gasteiger partial charge in [-0.25, -0.2) is 9.66 Å². The molecule has 6 rings (SSSR count). The van der Waals surface area contributed by atoms with E-state index in [2.05, 4.69) is 41.3 Å². The largest absolute Gasteiger partial charge is 0.496 e. The van der Waals surface area contributed by atoms with Gasteiger partial charge in [0.25, 0.3) is 0 Å². The zero-order valence-corrected chi connectivity index (χ0v) is 20.3. The van der Waals surface area contributed by atoms with Crippen LogP contribution in [0.4, 0.5) is 0 Å². The van der Waals surface area contributed by atoms with Crippen LogP contribution in [0, 0.1) is 12.8 Å². The molecule has 0 saturated heterocycles. The van der Waals surface area contributed by atoms with Crippen molar-refractivity contribution in [1.82, 2.24) is 9.66 Å². The van der Waals surface area contributed by atoms with Gasteiger partial charge in [-0.3, -0.25) is 0 Å². The van der Waals surface area contributed by atoms with Crippen LogP contribution in [-0.4, -0.2) is 36.4 Å². The first-order valence-electron chi connectivity index (χ1n) is 12.1. The molecule has 1 fully saturated rings. The summed E-state index contributed by atoms with van der Waals surface area (Å²) in [6.07, 6.45) is 6.05. The number of aromatic nitrogens is 2. The summed E-state index contributed by atoms with van der Waals surface area (Å²) in [5.41, 5.74) is 4.15. The summed E-state index contributed by atoms with van der Waals surface area (Å²) in [6.45, 7) is 2.79. The van der Waals surface area contributed by atoms with E-state index in [0.29, 0.717) is 47.9 Å². The van der Waals surface area contributed by atoms with Crippen LogP contribution in [0.1, 0.15) is 42.1 Å². The number of rotatable bonds is 6. The Labute approximate surface area is 204 Å². The number of methoxy groups -OCH3 is 2. The highest BCUT2D eigenvalue weighted by molar-refractivity contribution is 5.89. The molecule has 2 aromatic carbocycles. The Balaban J connectivity index is 1.27. The fraction of sp³-hybridized carbons (Fsp3) is 0.357. The van der Waals surface area contributed by atoms with Gasteiger partial charge >= 0.3 is 0 Å². The number of hydrogen-bond donors (Lipinski definition) is 0. The maximum atomic E-state index is 6.46. The van der Waals surface area contributed by atoms with E-state index in [1.54, 1.807) is 18.9 Å². The van der Waals surface area contributed by atoms with E-state index in [4.69, 9.17) is 18.6 Å². The number of imidazole rings is 1. The summed E-state index contributed by atoms with van der Waals surface area (Å²) in [5, 5.41) is 5.30. The van der Waals surface area contributed by atoms with E-state index < -0.39 is 0 Å². The van der Waals surface area contributed by atoms with Crippen molar-refractivity contribution in [3.63, 3.8) is 0 Å². The van der Waals surface area contributed by atoms with E-state index in [-0.39, 0.29) is 0 Å². The van der Waals surface area contributed by atoms with Gasteiger partial charge in [-0.1, -0.05) is 36.2 Å². The van der Waals surface area contributed by atoms with Crippen molar-refractivity contribution in [3.05, 3.63) is 65.6 Å². The molecule has 0 spiro atoms. The molecule has 0 radical (unpaired) electrons. The Morgan fingerprint density at radius 2 is 1.91 bits per heavy atom. The zero-order chi connectivity index (χ0) is 23.9. The highest BCUT2D eigenvalue weighted by atomic mass is 16.5. The lowest BCUT2D eigenvalue weighted by molar-refractivity contribution is 0.240. The smallest absolute Gasteiger partial charge is 0.214 e. The molecule has 180 valence electrons. The average molecular weight is 472 g/mol. The van der Waals surface area contributed by atoms with Gasteiger partial charge in [0.1, 0.15) is 28.6 Å². The molecule has 1 saturated carbocycles. The van der Waals surface area contributed by atoms with Crippen LogP contribution in [0.2, 0.25) is 0 Å². The van der Waals surface area contributed by atoms with Crippen LogP contribution >= 0.6 is 0 Å². The lowest BCUT2D eigenvalue weighted by Gasteiger charge is -2.21. The first kappa shape index (κ1) is 21.8. The second kappa shape index (κ2) is 8.80. The number of nitrogens with zero attached hydrogens (tertiary/aromatic N) is 3. The standard InChI is InChI=1S/C28H29N3O4/c1-17-7-9-18(10-8-17)21-6-4-5-19(21)16-34-24-11-20(32-2)12-25-22(24)13-26(35-25)23-15-31-27(29-23)14-28(30-31)33-3/h7-13,15,19,21H,4-6,14,16H2,1-3H3/t19-,21?/m0/s1. The minimum absolute atomic E-state index is 0.481. The topological polar surface area (TPSA) is 71.0 Å². The predicted octanol–water partition coefficient (Wildman–Crippen LogP) is 5.94. The molecule has 2 aliphatic rings. The molecule has 2 atom stereocenters. The fourth-order valence-electron chi connectivity index (χ4n) is 5.27. The van der Waals surface area contributed by atoms with Crippen molar-refractivity contribution in [2.75, 3.05) is 20.8 Å². The summed E-state index contributed by atoms with van der Waals surface area (Å²) in [6, 6.07) is 14.8. The number of furan rings is 1. The molecule has 3 heterocycles. The van der Waals surface area contributed by atoms with E-state index in [9.17, 15) is 0 Å². The van der Waals surface area contributed by atoms with Crippen molar-refractivity contribution in [2.45, 2.75) is 38.5 Å². The highest BCUT2D eigenvalue weighted by Crippen LogP contribution is 2.42. The number of aryl methyl sites for hydroxylation is 1. The van der Waals surface area contributed by atoms with Crippen molar-refractivity contribution >= 4 is 16.9 Å². The molecule has 0 bridgehead atoms. The fourth-order valence-corrected chi connectivity index (χ4v) is 5.27. The van der Waals surface area contributed by atoms with Gasteiger partial charge in [0, 0.05) is 12.1 Å². The Morgan fingerprint density at radius 1 is 1.06 bits per heavy atom. The third kappa shape index (κ3) is 4.05. The third-order valence-electron chi connectivity index (χ3n) is 7.20. The summed E-state index contributed by atoms with van der Waals surface area (Å²) in [7, 11) is 3.28. The van der Waals surface area contributed by atoms with E-state index in [0.717, 1.165) is 22.7 Å². The third-order valence-corrected chi connectivity index (χ3v) is 7.20. The zero-order valence-electron chi connectivity index (χ0n) is 20.3. The minimum atomic E-state index is 0.481. The minimum Gasteiger partial charge on any atom is -0.496 e. The van der Waals surface area contributed by atoms with Crippen molar-refractivity contribution < 1.29 is 18.6 Å². The Hall–Kier alpha value is -3.74. The van der Waals surface area contributed by atoms with Crippen LogP contribution in [0.25, 0.3) is 22.4 Å². The Kier molecular flexibility index (Phi) is 5.47. The van der Waals surface area contributed by atoms with Crippen LogP contribution in [0.15, 0.2) is 58.2 Å². The molecule has 7 nitrogen and oxygen atoms in total. The quantitative estimate of drug-likeness (QED) is 0.348. The predicted molar refractivity (Wildman–Crippen MR) is 134 cm³/mol. The van der Waals surface area contributed by atoms with Crippen LogP contribution < -0.4 is 9.47 Å². The molecule has 2 aromatic heterocycles. The molecular weight excluding hydrogens is 442 g/mol. The molecule has 4 aromatic rings. The maximum Gasteiger partial charge on any atom is 0.214 e. The number of fused-ring (bicyclic) bond motifs is 2. The van der Waals surface area contributed by atoms with Gasteiger partial charge in [0.05, 0.1) is 38.8 Å². The number of benzene rings is 2. The van der Waals surface area contributed by atoms with Gasteiger partial charge in [0.2, 0.25) is 5.90 Å². The number of ether oxygens (including phenoxy) is 3. The summed E-state index contributed by atoms with van der Waals surface area (Å²) < 4.78 is 25.1. The SMILES string of the molecule is COC1=Nn2cc(-c3cc4c(OC[C@@H]5CCCC5c5ccc(C)cc5)cc(OC)cc4o3)nc2C1. The molecular formula is C28H29N3O4. The molecule has 35 heavy (non-hydrogen) atoms. The lowest BCUT2D eigenvalue weighted by Crippen LogP contribution is -2.15. The summed E-state index contributed by atoms with van der Waals surface area (Å²) >= 11 is 0. The van der Waals surface area contributed by atoms with Gasteiger partial charge in [-0.15, -0.1) is 5.10 Å². The van der Waals surface area contributed by atoms with E-state index in [1.807, 2.05) is 24.4 Å². The van der Waals surface area contributed by atoms with Crippen LogP contribution in [0.5, 0.6) is 11.5 Å². The van der Waals surface area contributed by atoms with Crippen molar-refractivity contribution in [1.29, 1.82) is 0 Å². The second-order valence-electron chi connectivity index (χ2n) is 9.43. The Bertz CT molecular complexity index is 1400. The van der Waals surface area contributed by atoms with Gasteiger partial charge < -0.3 is 18.6 Å². The van der Waals surface area contributed by atoms with Crippen LogP contribution in [-0.2, 0) is 11.2 Å². The van der Waals surface area contributed by atoms with Gasteiger partial charge in [-0.2, -0.15) is 0 Å². The molecule has 0 N–H and O–H groups in total. The summed E-state index contributed by atoms with van der Waals surface area (Å²) in [5.74, 6) is 4.64. The molecule has 7 heteroatoms. The maximum absolute atomic E-state index is 6.46. The van der Waals surface area contributed by atoms with E-state index >= 15 is 0 Å². The van der Waals surface area contributed by atoms with Crippen molar-refractivity contribution in [3.8, 4) is 23.0 Å². The normalized spacial score (nSPS) is 19.1.